The molecule has 1 aromatic carbocycles. The van der Waals surface area contributed by atoms with Gasteiger partial charge in [-0.3, -0.25) is 0 Å². The van der Waals surface area contributed by atoms with Crippen LogP contribution >= 0.6 is 0 Å². The topological polar surface area (TPSA) is 43.4 Å². The molecule has 1 heterocycles. The molecule has 4 heteroatoms. The summed E-state index contributed by atoms with van der Waals surface area (Å²) >= 11 is 0. The van der Waals surface area contributed by atoms with Crippen molar-refractivity contribution in [2.75, 3.05) is 20.3 Å². The van der Waals surface area contributed by atoms with Crippen molar-refractivity contribution < 1.29 is 9.47 Å². The molecule has 0 spiro atoms. The first-order chi connectivity index (χ1) is 9.79. The molecule has 2 aromatic rings. The number of nitrogens with one attached hydrogen (secondary N) is 1. The molecule has 20 heavy (non-hydrogen) atoms. The SMILES string of the molecule is COc1ncccc1CNCCOc1cccc(C)c1. The third-order valence-electron chi connectivity index (χ3n) is 2.90. The van der Waals surface area contributed by atoms with Crippen molar-refractivity contribution in [1.82, 2.24) is 10.3 Å². The predicted octanol–water partition coefficient (Wildman–Crippen LogP) is 2.57. The van der Waals surface area contributed by atoms with Crippen molar-refractivity contribution in [2.24, 2.45) is 0 Å². The molecular formula is C16H20N2O2. The smallest absolute Gasteiger partial charge is 0.217 e. The van der Waals surface area contributed by atoms with E-state index >= 15 is 0 Å². The number of aromatic nitrogens is 1. The number of methoxy groups -OCH3 is 1. The number of rotatable bonds is 7. The average Bonchev–Trinajstić information content (AvgIpc) is 2.47. The van der Waals surface area contributed by atoms with Gasteiger partial charge in [0.2, 0.25) is 5.88 Å². The van der Waals surface area contributed by atoms with Crippen LogP contribution in [0.1, 0.15) is 11.1 Å². The fraction of sp³-hybridized carbons (Fsp3) is 0.312. The van der Waals surface area contributed by atoms with Crippen LogP contribution in [0.15, 0.2) is 42.6 Å². The molecule has 0 aliphatic heterocycles. The molecule has 0 saturated carbocycles. The molecule has 0 fully saturated rings. The van der Waals surface area contributed by atoms with Crippen LogP contribution in [0.4, 0.5) is 0 Å². The molecule has 0 bridgehead atoms. The summed E-state index contributed by atoms with van der Waals surface area (Å²) < 4.78 is 10.9. The molecule has 4 nitrogen and oxygen atoms in total. The van der Waals surface area contributed by atoms with Crippen LogP contribution in [-0.2, 0) is 6.54 Å². The molecule has 0 unspecified atom stereocenters. The molecule has 0 aliphatic rings. The summed E-state index contributed by atoms with van der Waals surface area (Å²) in [7, 11) is 1.63. The summed E-state index contributed by atoms with van der Waals surface area (Å²) in [5.41, 5.74) is 2.25. The lowest BCUT2D eigenvalue weighted by atomic mass is 10.2. The first kappa shape index (κ1) is 14.3. The number of hydrogen-bond acceptors (Lipinski definition) is 4. The van der Waals surface area contributed by atoms with E-state index in [1.54, 1.807) is 13.3 Å². The van der Waals surface area contributed by atoms with E-state index in [0.717, 1.165) is 17.9 Å². The first-order valence-corrected chi connectivity index (χ1v) is 6.67. The van der Waals surface area contributed by atoms with Gasteiger partial charge >= 0.3 is 0 Å². The van der Waals surface area contributed by atoms with Crippen LogP contribution in [-0.4, -0.2) is 25.2 Å². The number of benzene rings is 1. The number of hydrogen-bond donors (Lipinski definition) is 1. The largest absolute Gasteiger partial charge is 0.492 e. The maximum atomic E-state index is 5.67. The van der Waals surface area contributed by atoms with Crippen molar-refractivity contribution in [1.29, 1.82) is 0 Å². The Morgan fingerprint density at radius 1 is 1.20 bits per heavy atom. The van der Waals surface area contributed by atoms with Gasteiger partial charge < -0.3 is 14.8 Å². The maximum Gasteiger partial charge on any atom is 0.217 e. The van der Waals surface area contributed by atoms with Crippen LogP contribution < -0.4 is 14.8 Å². The van der Waals surface area contributed by atoms with E-state index in [-0.39, 0.29) is 0 Å². The highest BCUT2D eigenvalue weighted by Crippen LogP contribution is 2.13. The Balaban J connectivity index is 1.71. The standard InChI is InChI=1S/C16H20N2O2/c1-13-5-3-7-15(11-13)20-10-9-17-12-14-6-4-8-18-16(14)19-2/h3-8,11,17H,9-10,12H2,1-2H3. The molecule has 2 rings (SSSR count). The van der Waals surface area contributed by atoms with Gasteiger partial charge in [0.05, 0.1) is 7.11 Å². The summed E-state index contributed by atoms with van der Waals surface area (Å²) in [6, 6.07) is 12.0. The second-order valence-corrected chi connectivity index (χ2v) is 4.51. The van der Waals surface area contributed by atoms with Crippen molar-refractivity contribution in [2.45, 2.75) is 13.5 Å². The van der Waals surface area contributed by atoms with E-state index in [2.05, 4.69) is 23.3 Å². The lowest BCUT2D eigenvalue weighted by molar-refractivity contribution is 0.312. The molecule has 0 saturated heterocycles. The van der Waals surface area contributed by atoms with E-state index in [4.69, 9.17) is 9.47 Å². The van der Waals surface area contributed by atoms with Gasteiger partial charge in [0.15, 0.2) is 0 Å². The zero-order valence-corrected chi connectivity index (χ0v) is 11.9. The van der Waals surface area contributed by atoms with Crippen molar-refractivity contribution in [3.63, 3.8) is 0 Å². The lowest BCUT2D eigenvalue weighted by Gasteiger charge is -2.09. The van der Waals surface area contributed by atoms with Crippen molar-refractivity contribution >= 4 is 0 Å². The van der Waals surface area contributed by atoms with Gasteiger partial charge in [-0.05, 0) is 30.7 Å². The molecule has 0 atom stereocenters. The van der Waals surface area contributed by atoms with Crippen molar-refractivity contribution in [3.05, 3.63) is 53.7 Å². The molecule has 106 valence electrons. The maximum absolute atomic E-state index is 5.67. The van der Waals surface area contributed by atoms with Crippen LogP contribution in [0.5, 0.6) is 11.6 Å². The monoisotopic (exact) mass is 272 g/mol. The minimum Gasteiger partial charge on any atom is -0.492 e. The third-order valence-corrected chi connectivity index (χ3v) is 2.90. The van der Waals surface area contributed by atoms with Crippen molar-refractivity contribution in [3.8, 4) is 11.6 Å². The second-order valence-electron chi connectivity index (χ2n) is 4.51. The summed E-state index contributed by atoms with van der Waals surface area (Å²) in [4.78, 5) is 4.16. The Labute approximate surface area is 119 Å². The Hall–Kier alpha value is -2.07. The van der Waals surface area contributed by atoms with E-state index in [0.29, 0.717) is 19.0 Å². The molecular weight excluding hydrogens is 252 g/mol. The quantitative estimate of drug-likeness (QED) is 0.787. The Morgan fingerprint density at radius 3 is 2.90 bits per heavy atom. The Kier molecular flexibility index (Phi) is 5.38. The molecule has 0 amide bonds. The summed E-state index contributed by atoms with van der Waals surface area (Å²) in [6.07, 6.45) is 1.73. The zero-order chi connectivity index (χ0) is 14.2. The highest BCUT2D eigenvalue weighted by atomic mass is 16.5. The highest BCUT2D eigenvalue weighted by Gasteiger charge is 2.02. The van der Waals surface area contributed by atoms with E-state index in [1.165, 1.54) is 5.56 Å². The lowest BCUT2D eigenvalue weighted by Crippen LogP contribution is -2.21. The van der Waals surface area contributed by atoms with Gasteiger partial charge in [-0.1, -0.05) is 18.2 Å². The van der Waals surface area contributed by atoms with E-state index in [1.807, 2.05) is 30.3 Å². The van der Waals surface area contributed by atoms with Crippen LogP contribution in [0.25, 0.3) is 0 Å². The molecule has 1 N–H and O–H groups in total. The number of pyridine rings is 1. The fourth-order valence-corrected chi connectivity index (χ4v) is 1.91. The van der Waals surface area contributed by atoms with Gasteiger partial charge in [0, 0.05) is 24.8 Å². The predicted molar refractivity (Wildman–Crippen MR) is 79.2 cm³/mol. The second kappa shape index (κ2) is 7.50. The Bertz CT molecular complexity index is 544. The third kappa shape index (κ3) is 4.24. The van der Waals surface area contributed by atoms with Gasteiger partial charge in [-0.2, -0.15) is 0 Å². The van der Waals surface area contributed by atoms with Crippen LogP contribution in [0, 0.1) is 6.92 Å². The fourth-order valence-electron chi connectivity index (χ4n) is 1.91. The van der Waals surface area contributed by atoms with Gasteiger partial charge in [-0.25, -0.2) is 4.98 Å². The summed E-state index contributed by atoms with van der Waals surface area (Å²) in [5.74, 6) is 1.57. The summed E-state index contributed by atoms with van der Waals surface area (Å²) in [5, 5.41) is 3.32. The van der Waals surface area contributed by atoms with Gasteiger partial charge in [-0.15, -0.1) is 0 Å². The van der Waals surface area contributed by atoms with E-state index < -0.39 is 0 Å². The molecule has 0 aliphatic carbocycles. The summed E-state index contributed by atoms with van der Waals surface area (Å²) in [6.45, 7) is 4.17. The molecule has 1 aromatic heterocycles. The highest BCUT2D eigenvalue weighted by molar-refractivity contribution is 5.27. The number of nitrogens with zero attached hydrogens (tertiary/aromatic N) is 1. The number of aryl methyl sites for hydroxylation is 1. The Morgan fingerprint density at radius 2 is 2.10 bits per heavy atom. The molecule has 0 radical (unpaired) electrons. The van der Waals surface area contributed by atoms with Gasteiger partial charge in [0.1, 0.15) is 12.4 Å². The normalized spacial score (nSPS) is 10.3. The van der Waals surface area contributed by atoms with Crippen LogP contribution in [0.2, 0.25) is 0 Å². The van der Waals surface area contributed by atoms with Gasteiger partial charge in [0.25, 0.3) is 0 Å². The zero-order valence-electron chi connectivity index (χ0n) is 11.9. The minimum atomic E-state index is 0.631. The average molecular weight is 272 g/mol. The first-order valence-electron chi connectivity index (χ1n) is 6.67. The van der Waals surface area contributed by atoms with Crippen LogP contribution in [0.3, 0.4) is 0 Å². The number of ether oxygens (including phenoxy) is 2. The van der Waals surface area contributed by atoms with E-state index in [9.17, 15) is 0 Å². The minimum absolute atomic E-state index is 0.631.